The molecule has 5 nitrogen and oxygen atoms in total. The van der Waals surface area contributed by atoms with E-state index in [0.717, 1.165) is 16.7 Å². The van der Waals surface area contributed by atoms with Crippen molar-refractivity contribution in [2.75, 3.05) is 13.1 Å². The molecule has 0 aromatic heterocycles. The van der Waals surface area contributed by atoms with Crippen LogP contribution in [0.2, 0.25) is 5.02 Å². The summed E-state index contributed by atoms with van der Waals surface area (Å²) in [7, 11) is 0. The van der Waals surface area contributed by atoms with Gasteiger partial charge in [0, 0.05) is 18.1 Å². The van der Waals surface area contributed by atoms with Crippen LogP contribution in [-0.2, 0) is 15.1 Å². The van der Waals surface area contributed by atoms with E-state index in [1.54, 1.807) is 4.90 Å². The number of benzene rings is 1. The van der Waals surface area contributed by atoms with Crippen molar-refractivity contribution in [2.45, 2.75) is 71.7 Å². The Morgan fingerprint density at radius 2 is 1.89 bits per heavy atom. The van der Waals surface area contributed by atoms with Crippen molar-refractivity contribution in [3.05, 3.63) is 33.8 Å². The maximum Gasteiger partial charge on any atom is 0.410 e. The standard InChI is InChI=1S/C22H29ClN2O3/c1-14-11-15-16(12-17(14)23)22(27-18(15)21(5,6)13-24)7-9-25(10-8-22)19(26)28-20(2,3)4/h11-12,18H,7-10H2,1-6H3/t18-/m1/s1. The fourth-order valence-electron chi connectivity index (χ4n) is 4.03. The van der Waals surface area contributed by atoms with E-state index in [-0.39, 0.29) is 12.2 Å². The molecule has 152 valence electrons. The van der Waals surface area contributed by atoms with Crippen molar-refractivity contribution in [1.82, 2.24) is 4.90 Å². The average Bonchev–Trinajstić information content (AvgIpc) is 2.89. The normalized spacial score (nSPS) is 21.4. The van der Waals surface area contributed by atoms with Gasteiger partial charge in [0.25, 0.3) is 0 Å². The number of likely N-dealkylation sites (tertiary alicyclic amines) is 1. The summed E-state index contributed by atoms with van der Waals surface area (Å²) in [6, 6.07) is 6.43. The lowest BCUT2D eigenvalue weighted by molar-refractivity contribution is -0.133. The third kappa shape index (κ3) is 3.73. The predicted octanol–water partition coefficient (Wildman–Crippen LogP) is 5.50. The number of aryl methyl sites for hydroxylation is 1. The Morgan fingerprint density at radius 3 is 2.43 bits per heavy atom. The van der Waals surface area contributed by atoms with Crippen LogP contribution in [0.1, 0.15) is 70.3 Å². The Hall–Kier alpha value is -1.77. The Morgan fingerprint density at radius 1 is 1.29 bits per heavy atom. The third-order valence-corrected chi connectivity index (χ3v) is 6.02. The van der Waals surface area contributed by atoms with Crippen LogP contribution in [-0.4, -0.2) is 29.7 Å². The highest BCUT2D eigenvalue weighted by molar-refractivity contribution is 6.31. The van der Waals surface area contributed by atoms with Gasteiger partial charge in [-0.05, 0) is 77.1 Å². The molecule has 1 spiro atoms. The van der Waals surface area contributed by atoms with Gasteiger partial charge in [0.2, 0.25) is 0 Å². The molecule has 28 heavy (non-hydrogen) atoms. The number of halogens is 1. The molecule has 1 aromatic rings. The molecule has 0 bridgehead atoms. The molecule has 2 aliphatic heterocycles. The first-order chi connectivity index (χ1) is 12.9. The van der Waals surface area contributed by atoms with E-state index >= 15 is 0 Å². The molecule has 0 N–H and O–H groups in total. The number of fused-ring (bicyclic) bond motifs is 2. The Bertz CT molecular complexity index is 827. The summed E-state index contributed by atoms with van der Waals surface area (Å²) in [4.78, 5) is 14.2. The quantitative estimate of drug-likeness (QED) is 0.620. The molecule has 1 atom stereocenters. The SMILES string of the molecule is Cc1cc2c(cc1Cl)C1(CCN(C(=O)OC(C)(C)C)CC1)O[C@H]2C(C)(C)C#N. The van der Waals surface area contributed by atoms with Gasteiger partial charge < -0.3 is 14.4 Å². The summed E-state index contributed by atoms with van der Waals surface area (Å²) in [5, 5.41) is 10.4. The minimum Gasteiger partial charge on any atom is -0.444 e. The number of piperidine rings is 1. The first-order valence-corrected chi connectivity index (χ1v) is 10.1. The smallest absolute Gasteiger partial charge is 0.410 e. The molecule has 6 heteroatoms. The fourth-order valence-corrected chi connectivity index (χ4v) is 4.19. The number of hydrogen-bond donors (Lipinski definition) is 0. The second kappa shape index (κ2) is 6.93. The molecule has 0 saturated carbocycles. The highest BCUT2D eigenvalue weighted by Crippen LogP contribution is 2.55. The van der Waals surface area contributed by atoms with E-state index in [2.05, 4.69) is 12.1 Å². The minimum absolute atomic E-state index is 0.295. The molecule has 1 amide bonds. The zero-order valence-corrected chi connectivity index (χ0v) is 18.3. The van der Waals surface area contributed by atoms with E-state index in [0.29, 0.717) is 31.0 Å². The first kappa shape index (κ1) is 21.0. The second-order valence-electron chi connectivity index (χ2n) is 9.48. The molecule has 0 radical (unpaired) electrons. The summed E-state index contributed by atoms with van der Waals surface area (Å²) < 4.78 is 12.1. The molecular weight excluding hydrogens is 376 g/mol. The molecule has 2 aliphatic rings. The largest absolute Gasteiger partial charge is 0.444 e. The van der Waals surface area contributed by atoms with Crippen LogP contribution in [0.4, 0.5) is 4.79 Å². The van der Waals surface area contributed by atoms with Crippen molar-refractivity contribution in [3.8, 4) is 6.07 Å². The maximum absolute atomic E-state index is 12.4. The molecule has 0 aliphatic carbocycles. The lowest BCUT2D eigenvalue weighted by Gasteiger charge is -2.40. The van der Waals surface area contributed by atoms with Gasteiger partial charge in [0.05, 0.1) is 17.1 Å². The highest BCUT2D eigenvalue weighted by atomic mass is 35.5. The fraction of sp³-hybridized carbons (Fsp3) is 0.636. The number of amides is 1. The highest BCUT2D eigenvalue weighted by Gasteiger charge is 2.52. The number of rotatable bonds is 1. The van der Waals surface area contributed by atoms with Crippen molar-refractivity contribution in [3.63, 3.8) is 0 Å². The average molecular weight is 405 g/mol. The minimum atomic E-state index is -0.666. The topological polar surface area (TPSA) is 62.6 Å². The van der Waals surface area contributed by atoms with Crippen LogP contribution in [0.15, 0.2) is 12.1 Å². The van der Waals surface area contributed by atoms with Gasteiger partial charge in [-0.2, -0.15) is 5.26 Å². The molecule has 1 aromatic carbocycles. The van der Waals surface area contributed by atoms with Crippen molar-refractivity contribution < 1.29 is 14.3 Å². The zero-order chi connectivity index (χ0) is 20.9. The van der Waals surface area contributed by atoms with E-state index in [9.17, 15) is 10.1 Å². The van der Waals surface area contributed by atoms with Crippen molar-refractivity contribution >= 4 is 17.7 Å². The number of carbonyl (C=O) groups excluding carboxylic acids is 1. The monoisotopic (exact) mass is 404 g/mol. The van der Waals surface area contributed by atoms with Gasteiger partial charge in [-0.15, -0.1) is 0 Å². The van der Waals surface area contributed by atoms with Crippen LogP contribution in [0.25, 0.3) is 0 Å². The molecule has 2 heterocycles. The number of nitriles is 1. The van der Waals surface area contributed by atoms with Gasteiger partial charge in [-0.1, -0.05) is 17.7 Å². The van der Waals surface area contributed by atoms with Gasteiger partial charge in [-0.25, -0.2) is 4.79 Å². The van der Waals surface area contributed by atoms with E-state index in [1.165, 1.54) is 0 Å². The predicted molar refractivity (Wildman–Crippen MR) is 108 cm³/mol. The van der Waals surface area contributed by atoms with Crippen molar-refractivity contribution in [2.24, 2.45) is 5.41 Å². The van der Waals surface area contributed by atoms with Crippen LogP contribution >= 0.6 is 11.6 Å². The molecular formula is C22H29ClN2O3. The van der Waals surface area contributed by atoms with Gasteiger partial charge in [-0.3, -0.25) is 0 Å². The van der Waals surface area contributed by atoms with Gasteiger partial charge >= 0.3 is 6.09 Å². The Balaban J connectivity index is 1.89. The van der Waals surface area contributed by atoms with Crippen LogP contribution in [0.5, 0.6) is 0 Å². The van der Waals surface area contributed by atoms with E-state index in [1.807, 2.05) is 47.6 Å². The van der Waals surface area contributed by atoms with Crippen molar-refractivity contribution in [1.29, 1.82) is 5.26 Å². The number of carbonyl (C=O) groups is 1. The summed E-state index contributed by atoms with van der Waals surface area (Å²) in [6.07, 6.45) is 0.681. The molecule has 3 rings (SSSR count). The molecule has 1 saturated heterocycles. The lowest BCUT2D eigenvalue weighted by Crippen LogP contribution is -2.47. The third-order valence-electron chi connectivity index (χ3n) is 5.61. The number of hydrogen-bond acceptors (Lipinski definition) is 4. The molecule has 1 fully saturated rings. The van der Waals surface area contributed by atoms with Crippen LogP contribution in [0, 0.1) is 23.7 Å². The first-order valence-electron chi connectivity index (χ1n) is 9.76. The molecule has 0 unspecified atom stereocenters. The summed E-state index contributed by atoms with van der Waals surface area (Å²) in [5.41, 5.74) is 1.37. The van der Waals surface area contributed by atoms with Crippen LogP contribution < -0.4 is 0 Å². The summed E-state index contributed by atoms with van der Waals surface area (Å²) in [6.45, 7) is 12.5. The zero-order valence-electron chi connectivity index (χ0n) is 17.6. The maximum atomic E-state index is 12.4. The van der Waals surface area contributed by atoms with Crippen LogP contribution in [0.3, 0.4) is 0 Å². The second-order valence-corrected chi connectivity index (χ2v) is 9.89. The summed E-state index contributed by atoms with van der Waals surface area (Å²) >= 11 is 6.44. The van der Waals surface area contributed by atoms with Gasteiger partial charge in [0.1, 0.15) is 11.7 Å². The number of ether oxygens (including phenoxy) is 2. The lowest BCUT2D eigenvalue weighted by atomic mass is 9.80. The summed E-state index contributed by atoms with van der Waals surface area (Å²) in [5.74, 6) is 0. The Labute approximate surface area is 172 Å². The Kier molecular flexibility index (Phi) is 5.19. The number of nitrogens with zero attached hydrogens (tertiary/aromatic N) is 2. The van der Waals surface area contributed by atoms with E-state index in [4.69, 9.17) is 21.1 Å². The van der Waals surface area contributed by atoms with E-state index < -0.39 is 16.6 Å². The van der Waals surface area contributed by atoms with Gasteiger partial charge in [0.15, 0.2) is 0 Å².